The Kier molecular flexibility index (Phi) is 4.36. The molecule has 0 unspecified atom stereocenters. The predicted molar refractivity (Wildman–Crippen MR) is 59.9 cm³/mol. The van der Waals surface area contributed by atoms with Crippen molar-refractivity contribution in [1.29, 1.82) is 0 Å². The number of halogens is 4. The van der Waals surface area contributed by atoms with Crippen LogP contribution in [0.1, 0.15) is 28.0 Å². The number of aldehydes is 1. The second-order valence-corrected chi connectivity index (χ2v) is 4.05. The molecule has 1 aromatic rings. The van der Waals surface area contributed by atoms with Gasteiger partial charge in [0, 0.05) is 5.33 Å². The number of aromatic nitrogens is 1. The fraction of sp³-hybridized carbons (Fsp3) is 0.250. The third kappa shape index (κ3) is 2.47. The van der Waals surface area contributed by atoms with Crippen LogP contribution in [0.3, 0.4) is 0 Å². The Hall–Kier alpha value is -0.110. The Labute approximate surface area is 101 Å². The average molecular weight is 376 g/mol. The zero-order valence-corrected chi connectivity index (χ0v) is 10.5. The van der Waals surface area contributed by atoms with E-state index in [1.807, 2.05) is 0 Å². The standard InChI is InChI=1S/C8H5BrF2INO/c9-2-4-1-6(7(10)11)13-8(12)5(4)3-14/h1,3,7H,2H2. The highest BCUT2D eigenvalue weighted by Crippen LogP contribution is 2.23. The summed E-state index contributed by atoms with van der Waals surface area (Å²) in [5, 5.41) is 0.360. The van der Waals surface area contributed by atoms with Gasteiger partial charge in [-0.2, -0.15) is 0 Å². The lowest BCUT2D eigenvalue weighted by molar-refractivity contribution is 0.112. The molecule has 0 saturated carbocycles. The van der Waals surface area contributed by atoms with Crippen LogP contribution in [0.25, 0.3) is 0 Å². The van der Waals surface area contributed by atoms with Gasteiger partial charge in [-0.15, -0.1) is 0 Å². The second kappa shape index (κ2) is 5.11. The first-order valence-electron chi connectivity index (χ1n) is 3.58. The third-order valence-electron chi connectivity index (χ3n) is 1.60. The minimum Gasteiger partial charge on any atom is -0.298 e. The lowest BCUT2D eigenvalue weighted by Gasteiger charge is -2.06. The number of alkyl halides is 3. The van der Waals surface area contributed by atoms with Gasteiger partial charge in [-0.25, -0.2) is 13.8 Å². The van der Waals surface area contributed by atoms with Gasteiger partial charge in [0.1, 0.15) is 9.39 Å². The molecule has 14 heavy (non-hydrogen) atoms. The first kappa shape index (κ1) is 12.0. The van der Waals surface area contributed by atoms with Crippen LogP contribution in [0, 0.1) is 3.70 Å². The van der Waals surface area contributed by atoms with Gasteiger partial charge >= 0.3 is 0 Å². The van der Waals surface area contributed by atoms with Crippen molar-refractivity contribution in [2.24, 2.45) is 0 Å². The number of pyridine rings is 1. The van der Waals surface area contributed by atoms with Crippen LogP contribution in [0.5, 0.6) is 0 Å². The molecule has 1 aromatic heterocycles. The molecule has 0 bridgehead atoms. The summed E-state index contributed by atoms with van der Waals surface area (Å²) in [6, 6.07) is 1.24. The molecule has 2 nitrogen and oxygen atoms in total. The maximum absolute atomic E-state index is 12.3. The molecular formula is C8H5BrF2INO. The molecule has 0 aliphatic carbocycles. The molecule has 0 aromatic carbocycles. The molecule has 0 spiro atoms. The van der Waals surface area contributed by atoms with Crippen LogP contribution >= 0.6 is 38.5 Å². The van der Waals surface area contributed by atoms with Crippen molar-refractivity contribution in [1.82, 2.24) is 4.98 Å². The van der Waals surface area contributed by atoms with E-state index in [0.717, 1.165) is 0 Å². The van der Waals surface area contributed by atoms with Gasteiger partial charge < -0.3 is 0 Å². The fourth-order valence-corrected chi connectivity index (χ4v) is 2.16. The summed E-state index contributed by atoms with van der Waals surface area (Å²) in [6.07, 6.45) is -1.98. The van der Waals surface area contributed by atoms with E-state index in [1.54, 1.807) is 22.6 Å². The number of hydrogen-bond acceptors (Lipinski definition) is 2. The minimum atomic E-state index is -2.61. The van der Waals surface area contributed by atoms with E-state index in [-0.39, 0.29) is 5.69 Å². The SMILES string of the molecule is O=Cc1c(CBr)cc(C(F)F)nc1I. The molecule has 0 aliphatic rings. The van der Waals surface area contributed by atoms with E-state index in [2.05, 4.69) is 20.9 Å². The van der Waals surface area contributed by atoms with Crippen molar-refractivity contribution >= 4 is 44.8 Å². The summed E-state index contributed by atoms with van der Waals surface area (Å²) < 4.78 is 25.0. The van der Waals surface area contributed by atoms with Crippen molar-refractivity contribution in [3.63, 3.8) is 0 Å². The van der Waals surface area contributed by atoms with Gasteiger partial charge in [0.2, 0.25) is 0 Å². The number of hydrogen-bond donors (Lipinski definition) is 0. The van der Waals surface area contributed by atoms with E-state index >= 15 is 0 Å². The first-order valence-corrected chi connectivity index (χ1v) is 5.78. The highest BCUT2D eigenvalue weighted by atomic mass is 127. The van der Waals surface area contributed by atoms with Crippen LogP contribution in [-0.2, 0) is 5.33 Å². The van der Waals surface area contributed by atoms with Gasteiger partial charge in [0.05, 0.1) is 5.56 Å². The van der Waals surface area contributed by atoms with E-state index in [4.69, 9.17) is 0 Å². The van der Waals surface area contributed by atoms with Gasteiger partial charge in [0.25, 0.3) is 6.43 Å². The molecule has 1 heterocycles. The van der Waals surface area contributed by atoms with Gasteiger partial charge in [-0.05, 0) is 34.2 Å². The molecule has 6 heteroatoms. The molecular weight excluding hydrogens is 371 g/mol. The summed E-state index contributed by atoms with van der Waals surface area (Å²) in [5.74, 6) is 0. The van der Waals surface area contributed by atoms with Gasteiger partial charge in [-0.3, -0.25) is 4.79 Å². The third-order valence-corrected chi connectivity index (χ3v) is 3.03. The Morgan fingerprint density at radius 1 is 1.64 bits per heavy atom. The Morgan fingerprint density at radius 3 is 2.71 bits per heavy atom. The van der Waals surface area contributed by atoms with Crippen LogP contribution in [0.2, 0.25) is 0 Å². The lowest BCUT2D eigenvalue weighted by Crippen LogP contribution is -2.01. The quantitative estimate of drug-likeness (QED) is 0.351. The highest BCUT2D eigenvalue weighted by Gasteiger charge is 2.15. The molecule has 0 aliphatic heterocycles. The number of rotatable bonds is 3. The fourth-order valence-electron chi connectivity index (χ4n) is 0.941. The van der Waals surface area contributed by atoms with E-state index in [9.17, 15) is 13.6 Å². The van der Waals surface area contributed by atoms with Crippen molar-refractivity contribution in [2.75, 3.05) is 0 Å². The Balaban J connectivity index is 3.31. The molecule has 76 valence electrons. The summed E-state index contributed by atoms with van der Waals surface area (Å²) >= 11 is 4.90. The van der Waals surface area contributed by atoms with E-state index in [0.29, 0.717) is 26.4 Å². The molecule has 0 fully saturated rings. The van der Waals surface area contributed by atoms with Crippen molar-refractivity contribution < 1.29 is 13.6 Å². The Morgan fingerprint density at radius 2 is 2.29 bits per heavy atom. The zero-order valence-electron chi connectivity index (χ0n) is 6.81. The van der Waals surface area contributed by atoms with Crippen molar-refractivity contribution in [3.8, 4) is 0 Å². The van der Waals surface area contributed by atoms with Crippen molar-refractivity contribution in [2.45, 2.75) is 11.8 Å². The molecule has 0 atom stereocenters. The monoisotopic (exact) mass is 375 g/mol. The highest BCUT2D eigenvalue weighted by molar-refractivity contribution is 14.1. The lowest BCUT2D eigenvalue weighted by atomic mass is 10.1. The number of carbonyl (C=O) groups excluding carboxylic acids is 1. The van der Waals surface area contributed by atoms with Crippen LogP contribution in [0.4, 0.5) is 8.78 Å². The number of nitrogens with zero attached hydrogens (tertiary/aromatic N) is 1. The predicted octanol–water partition coefficient (Wildman–Crippen LogP) is 3.33. The topological polar surface area (TPSA) is 30.0 Å². The van der Waals surface area contributed by atoms with Gasteiger partial charge in [0.15, 0.2) is 6.29 Å². The first-order chi connectivity index (χ1) is 6.60. The Bertz CT molecular complexity index is 359. The summed E-state index contributed by atoms with van der Waals surface area (Å²) in [6.45, 7) is 0. The van der Waals surface area contributed by atoms with E-state index in [1.165, 1.54) is 6.07 Å². The molecule has 0 amide bonds. The summed E-state index contributed by atoms with van der Waals surface area (Å²) in [4.78, 5) is 14.3. The summed E-state index contributed by atoms with van der Waals surface area (Å²) in [7, 11) is 0. The van der Waals surface area contributed by atoms with E-state index < -0.39 is 6.43 Å². The smallest absolute Gasteiger partial charge is 0.280 e. The zero-order chi connectivity index (χ0) is 10.7. The largest absolute Gasteiger partial charge is 0.298 e. The second-order valence-electron chi connectivity index (χ2n) is 2.46. The normalized spacial score (nSPS) is 10.6. The van der Waals surface area contributed by atoms with Gasteiger partial charge in [-0.1, -0.05) is 15.9 Å². The van der Waals surface area contributed by atoms with Crippen molar-refractivity contribution in [3.05, 3.63) is 26.6 Å². The minimum absolute atomic E-state index is 0.297. The molecule has 0 N–H and O–H groups in total. The maximum atomic E-state index is 12.3. The maximum Gasteiger partial charge on any atom is 0.280 e. The molecule has 0 saturated heterocycles. The number of carbonyl (C=O) groups is 1. The van der Waals surface area contributed by atoms with Crippen LogP contribution in [-0.4, -0.2) is 11.3 Å². The molecule has 0 radical (unpaired) electrons. The van der Waals surface area contributed by atoms with Crippen LogP contribution < -0.4 is 0 Å². The van der Waals surface area contributed by atoms with Crippen LogP contribution in [0.15, 0.2) is 6.07 Å². The summed E-state index contributed by atoms with van der Waals surface area (Å²) in [5.41, 5.74) is 0.607. The average Bonchev–Trinajstić information content (AvgIpc) is 2.16. The molecule has 1 rings (SSSR count).